The van der Waals surface area contributed by atoms with Crippen molar-refractivity contribution in [1.82, 2.24) is 0 Å². The Morgan fingerprint density at radius 2 is 1.87 bits per heavy atom. The van der Waals surface area contributed by atoms with Gasteiger partial charge < -0.3 is 0 Å². The van der Waals surface area contributed by atoms with E-state index in [0.29, 0.717) is 4.47 Å². The van der Waals surface area contributed by atoms with Gasteiger partial charge in [0, 0.05) is 4.47 Å². The van der Waals surface area contributed by atoms with Crippen LogP contribution in [0.15, 0.2) is 22.7 Å². The first kappa shape index (κ1) is 13.9. The van der Waals surface area contributed by atoms with Crippen LogP contribution < -0.4 is 0 Å². The van der Waals surface area contributed by atoms with Gasteiger partial charge in [-0.2, -0.15) is 12.8 Å². The predicted octanol–water partition coefficient (Wildman–Crippen LogP) is 2.42. The first-order chi connectivity index (χ1) is 6.74. The third-order valence-corrected chi connectivity index (χ3v) is 1.51. The molecule has 9 heteroatoms. The molecule has 0 spiro atoms. The summed E-state index contributed by atoms with van der Waals surface area (Å²) in [5.41, 5.74) is -0.0608. The van der Waals surface area contributed by atoms with Crippen molar-refractivity contribution in [3.63, 3.8) is 0 Å². The predicted molar refractivity (Wildman–Crippen MR) is 53.0 cm³/mol. The average molecular weight is 300 g/mol. The lowest BCUT2D eigenvalue weighted by Gasteiger charge is -1.83. The molecular formula is C6H5BrFN2O4S+. The molecule has 15 heavy (non-hydrogen) atoms. The Morgan fingerprint density at radius 1 is 1.40 bits per heavy atom. The van der Waals surface area contributed by atoms with Gasteiger partial charge in [0.15, 0.2) is 4.98 Å². The molecule has 82 valence electrons. The summed E-state index contributed by atoms with van der Waals surface area (Å²) in [6.07, 6.45) is 0. The number of rotatable bonds is 0. The van der Waals surface area contributed by atoms with E-state index in [4.69, 9.17) is 22.9 Å². The van der Waals surface area contributed by atoms with Gasteiger partial charge in [0.25, 0.3) is 0 Å². The molecule has 0 radical (unpaired) electrons. The van der Waals surface area contributed by atoms with Crippen molar-refractivity contribution in [1.29, 1.82) is 5.39 Å². The second-order valence-corrected chi connectivity index (χ2v) is 3.95. The number of hydrogen-bond donors (Lipinski definition) is 2. The zero-order chi connectivity index (χ0) is 12.1. The fourth-order valence-corrected chi connectivity index (χ4v) is 0.911. The van der Waals surface area contributed by atoms with Crippen LogP contribution in [-0.2, 0) is 10.4 Å². The van der Waals surface area contributed by atoms with Crippen LogP contribution in [-0.4, -0.2) is 17.5 Å². The molecule has 1 aromatic carbocycles. The Balaban J connectivity index is 0.000000336. The molecule has 0 atom stereocenters. The van der Waals surface area contributed by atoms with Crippen LogP contribution >= 0.6 is 15.9 Å². The van der Waals surface area contributed by atoms with Crippen molar-refractivity contribution < 1.29 is 21.9 Å². The number of diazo groups is 1. The minimum atomic E-state index is -4.67. The highest BCUT2D eigenvalue weighted by Gasteiger charge is 2.12. The highest BCUT2D eigenvalue weighted by Crippen LogP contribution is 2.21. The standard InChI is InChI=1S/C6H3BrFN2.H2O4S/c7-4-1-2-5(8)6(3-4)10-9;1-5(2,3)4/h1-3H;(H2,1,2,3,4)/q+1;. The van der Waals surface area contributed by atoms with Crippen LogP contribution in [0.2, 0.25) is 0 Å². The van der Waals surface area contributed by atoms with E-state index >= 15 is 0 Å². The van der Waals surface area contributed by atoms with Crippen molar-refractivity contribution in [3.05, 3.63) is 33.5 Å². The van der Waals surface area contributed by atoms with E-state index in [1.165, 1.54) is 18.2 Å². The summed E-state index contributed by atoms with van der Waals surface area (Å²) in [6, 6.07) is 4.14. The van der Waals surface area contributed by atoms with Crippen LogP contribution in [0.4, 0.5) is 10.1 Å². The zero-order valence-corrected chi connectivity index (χ0v) is 9.40. The van der Waals surface area contributed by atoms with Gasteiger partial charge in [0.1, 0.15) is 0 Å². The summed E-state index contributed by atoms with van der Waals surface area (Å²) in [4.78, 5) is 2.73. The molecule has 0 bridgehead atoms. The summed E-state index contributed by atoms with van der Waals surface area (Å²) in [5.74, 6) is -0.536. The fourth-order valence-electron chi connectivity index (χ4n) is 0.562. The molecule has 2 N–H and O–H groups in total. The molecular weight excluding hydrogens is 295 g/mol. The summed E-state index contributed by atoms with van der Waals surface area (Å²) >= 11 is 3.10. The first-order valence-electron chi connectivity index (χ1n) is 3.24. The molecule has 0 amide bonds. The Kier molecular flexibility index (Phi) is 5.31. The van der Waals surface area contributed by atoms with Crippen molar-refractivity contribution in [2.75, 3.05) is 0 Å². The smallest absolute Gasteiger partial charge is 0.264 e. The van der Waals surface area contributed by atoms with E-state index < -0.39 is 16.2 Å². The fraction of sp³-hybridized carbons (Fsp3) is 0. The molecule has 0 unspecified atom stereocenters. The maximum Gasteiger partial charge on any atom is 0.421 e. The maximum atomic E-state index is 12.5. The Hall–Kier alpha value is -1.08. The summed E-state index contributed by atoms with van der Waals surface area (Å²) in [7, 11) is -4.67. The SMILES string of the molecule is N#[N+]c1cc(Br)ccc1F.O=S(=O)(O)O. The van der Waals surface area contributed by atoms with E-state index in [9.17, 15) is 4.39 Å². The molecule has 0 saturated carbocycles. The zero-order valence-electron chi connectivity index (χ0n) is 7.00. The van der Waals surface area contributed by atoms with Crippen LogP contribution in [0.1, 0.15) is 0 Å². The lowest BCUT2D eigenvalue weighted by Crippen LogP contribution is -1.89. The molecule has 0 aliphatic heterocycles. The summed E-state index contributed by atoms with van der Waals surface area (Å²) in [6.45, 7) is 0. The topological polar surface area (TPSA) is 103 Å². The highest BCUT2D eigenvalue weighted by molar-refractivity contribution is 9.10. The van der Waals surface area contributed by atoms with Gasteiger partial charge in [-0.25, -0.2) is 0 Å². The van der Waals surface area contributed by atoms with Crippen LogP contribution in [0, 0.1) is 11.2 Å². The maximum absolute atomic E-state index is 12.5. The van der Waals surface area contributed by atoms with E-state index in [-0.39, 0.29) is 5.69 Å². The highest BCUT2D eigenvalue weighted by atomic mass is 79.9. The van der Waals surface area contributed by atoms with Gasteiger partial charge in [-0.1, -0.05) is 15.9 Å². The van der Waals surface area contributed by atoms with E-state index in [1.807, 2.05) is 0 Å². The number of benzene rings is 1. The second kappa shape index (κ2) is 5.72. The molecule has 0 aromatic heterocycles. The van der Waals surface area contributed by atoms with Gasteiger partial charge >= 0.3 is 16.1 Å². The molecule has 1 aromatic rings. The largest absolute Gasteiger partial charge is 0.421 e. The quantitative estimate of drug-likeness (QED) is 0.565. The van der Waals surface area contributed by atoms with Crippen molar-refractivity contribution in [3.8, 4) is 0 Å². The normalized spacial score (nSPS) is 9.80. The lowest BCUT2D eigenvalue weighted by atomic mass is 10.3. The monoisotopic (exact) mass is 299 g/mol. The molecule has 1 rings (SSSR count). The third kappa shape index (κ3) is 7.95. The van der Waals surface area contributed by atoms with Gasteiger partial charge in [-0.15, -0.1) is 0 Å². The van der Waals surface area contributed by atoms with Gasteiger partial charge in [-0.05, 0) is 12.1 Å². The van der Waals surface area contributed by atoms with Gasteiger partial charge in [0.2, 0.25) is 11.2 Å². The van der Waals surface area contributed by atoms with Gasteiger partial charge in [-0.3, -0.25) is 9.11 Å². The van der Waals surface area contributed by atoms with Crippen molar-refractivity contribution in [2.45, 2.75) is 0 Å². The Bertz CT molecular complexity index is 476. The van der Waals surface area contributed by atoms with Crippen molar-refractivity contribution >= 4 is 32.0 Å². The third-order valence-electron chi connectivity index (χ3n) is 1.02. The number of nitrogens with zero attached hydrogens (tertiary/aromatic N) is 2. The van der Waals surface area contributed by atoms with Crippen molar-refractivity contribution in [2.24, 2.45) is 0 Å². The molecule has 0 fully saturated rings. The van der Waals surface area contributed by atoms with E-state index in [1.54, 1.807) is 0 Å². The lowest BCUT2D eigenvalue weighted by molar-refractivity contribution is 0.381. The van der Waals surface area contributed by atoms with Crippen LogP contribution in [0.5, 0.6) is 0 Å². The van der Waals surface area contributed by atoms with Crippen LogP contribution in [0.25, 0.3) is 4.98 Å². The molecule has 0 heterocycles. The Morgan fingerprint density at radius 3 is 2.20 bits per heavy atom. The molecule has 6 nitrogen and oxygen atoms in total. The van der Waals surface area contributed by atoms with E-state index in [2.05, 4.69) is 20.9 Å². The van der Waals surface area contributed by atoms with Crippen LogP contribution in [0.3, 0.4) is 0 Å². The molecule has 0 aliphatic carbocycles. The molecule has 0 aliphatic rings. The minimum absolute atomic E-state index is 0.0608. The summed E-state index contributed by atoms with van der Waals surface area (Å²) < 4.78 is 44.8. The number of halogens is 2. The summed E-state index contributed by atoms with van der Waals surface area (Å²) in [5, 5.41) is 8.21. The average Bonchev–Trinajstić information content (AvgIpc) is 2.06. The second-order valence-electron chi connectivity index (χ2n) is 2.14. The minimum Gasteiger partial charge on any atom is -0.264 e. The number of hydrogen-bond acceptors (Lipinski definition) is 3. The van der Waals surface area contributed by atoms with Gasteiger partial charge in [0.05, 0.1) is 6.07 Å². The first-order valence-corrected chi connectivity index (χ1v) is 5.43. The Labute approximate surface area is 93.1 Å². The molecule has 0 saturated heterocycles. The van der Waals surface area contributed by atoms with E-state index in [0.717, 1.165) is 0 Å².